The molecule has 2 aromatic carbocycles. The van der Waals surface area contributed by atoms with Gasteiger partial charge in [-0.1, -0.05) is 23.2 Å². The summed E-state index contributed by atoms with van der Waals surface area (Å²) in [5.41, 5.74) is 1.92. The molecule has 1 aliphatic rings. The van der Waals surface area contributed by atoms with Gasteiger partial charge >= 0.3 is 0 Å². The lowest BCUT2D eigenvalue weighted by Gasteiger charge is -2.33. The second-order valence-corrected chi connectivity index (χ2v) is 11.1. The third-order valence-electron chi connectivity index (χ3n) is 5.35. The molecule has 0 unspecified atom stereocenters. The van der Waals surface area contributed by atoms with E-state index in [0.717, 1.165) is 16.4 Å². The van der Waals surface area contributed by atoms with Crippen molar-refractivity contribution in [1.82, 2.24) is 9.29 Å². The Bertz CT molecular complexity index is 1220. The summed E-state index contributed by atoms with van der Waals surface area (Å²) < 4.78 is 38.2. The normalized spacial score (nSPS) is 15.0. The van der Waals surface area contributed by atoms with E-state index < -0.39 is 10.0 Å². The molecule has 0 N–H and O–H groups in total. The van der Waals surface area contributed by atoms with E-state index in [4.69, 9.17) is 37.7 Å². The van der Waals surface area contributed by atoms with E-state index in [0.29, 0.717) is 54.1 Å². The summed E-state index contributed by atoms with van der Waals surface area (Å²) >= 11 is 13.7. The largest absolute Gasteiger partial charge is 0.493 e. The van der Waals surface area contributed by atoms with E-state index >= 15 is 0 Å². The number of halogens is 2. The van der Waals surface area contributed by atoms with Crippen LogP contribution < -0.4 is 14.4 Å². The molecule has 176 valence electrons. The summed E-state index contributed by atoms with van der Waals surface area (Å²) in [6, 6.07) is 10.1. The van der Waals surface area contributed by atoms with Gasteiger partial charge in [0, 0.05) is 54.1 Å². The molecule has 3 aromatic rings. The Balaban J connectivity index is 1.42. The molecule has 1 aliphatic heterocycles. The highest BCUT2D eigenvalue weighted by Gasteiger charge is 2.30. The van der Waals surface area contributed by atoms with Crippen LogP contribution in [-0.4, -0.2) is 58.1 Å². The van der Waals surface area contributed by atoms with Gasteiger partial charge in [-0.15, -0.1) is 11.3 Å². The smallest absolute Gasteiger partial charge is 0.243 e. The number of rotatable bonds is 7. The van der Waals surface area contributed by atoms with Crippen LogP contribution in [-0.2, 0) is 16.4 Å². The average Bonchev–Trinajstić information content (AvgIpc) is 3.26. The van der Waals surface area contributed by atoms with Gasteiger partial charge in [-0.2, -0.15) is 4.31 Å². The number of benzene rings is 2. The monoisotopic (exact) mass is 527 g/mol. The summed E-state index contributed by atoms with van der Waals surface area (Å²) in [6.45, 7) is 1.86. The van der Waals surface area contributed by atoms with Crippen LogP contribution >= 0.6 is 34.5 Å². The van der Waals surface area contributed by atoms with Crippen molar-refractivity contribution in [3.8, 4) is 11.5 Å². The van der Waals surface area contributed by atoms with Crippen molar-refractivity contribution < 1.29 is 17.9 Å². The van der Waals surface area contributed by atoms with Gasteiger partial charge in [0.1, 0.15) is 0 Å². The first-order chi connectivity index (χ1) is 15.8. The quantitative estimate of drug-likeness (QED) is 0.448. The van der Waals surface area contributed by atoms with Gasteiger partial charge in [-0.3, -0.25) is 0 Å². The predicted molar refractivity (Wildman–Crippen MR) is 132 cm³/mol. The lowest BCUT2D eigenvalue weighted by atomic mass is 10.1. The lowest BCUT2D eigenvalue weighted by molar-refractivity contribution is 0.353. The van der Waals surface area contributed by atoms with Crippen molar-refractivity contribution in [1.29, 1.82) is 0 Å². The first-order valence-corrected chi connectivity index (χ1v) is 13.2. The van der Waals surface area contributed by atoms with Crippen LogP contribution in [0.5, 0.6) is 11.5 Å². The fraction of sp³-hybridized carbons (Fsp3) is 0.318. The number of anilines is 1. The molecule has 0 amide bonds. The number of nitrogens with zero attached hydrogens (tertiary/aromatic N) is 3. The number of hydrogen-bond acceptors (Lipinski definition) is 7. The molecule has 33 heavy (non-hydrogen) atoms. The van der Waals surface area contributed by atoms with Gasteiger partial charge in [0.05, 0.1) is 24.8 Å². The van der Waals surface area contributed by atoms with Gasteiger partial charge in [0.15, 0.2) is 16.6 Å². The predicted octanol–water partition coefficient (Wildman–Crippen LogP) is 4.57. The summed E-state index contributed by atoms with van der Waals surface area (Å²) in [6.07, 6.45) is 0.629. The van der Waals surface area contributed by atoms with E-state index in [-0.39, 0.29) is 4.90 Å². The fourth-order valence-corrected chi connectivity index (χ4v) is 6.58. The minimum atomic E-state index is -3.64. The molecule has 0 radical (unpaired) electrons. The van der Waals surface area contributed by atoms with Crippen LogP contribution in [0.2, 0.25) is 10.0 Å². The minimum Gasteiger partial charge on any atom is -0.493 e. The highest BCUT2D eigenvalue weighted by molar-refractivity contribution is 7.89. The maximum atomic E-state index is 13.1. The Hall–Kier alpha value is -2.04. The molecule has 0 saturated carbocycles. The number of methoxy groups -OCH3 is 2. The van der Waals surface area contributed by atoms with Gasteiger partial charge in [0.2, 0.25) is 10.0 Å². The highest BCUT2D eigenvalue weighted by Crippen LogP contribution is 2.31. The molecule has 1 fully saturated rings. The second kappa shape index (κ2) is 10.1. The minimum absolute atomic E-state index is 0.185. The highest BCUT2D eigenvalue weighted by atomic mass is 35.5. The van der Waals surface area contributed by atoms with Gasteiger partial charge in [-0.25, -0.2) is 13.4 Å². The van der Waals surface area contributed by atoms with E-state index in [1.165, 1.54) is 30.7 Å². The van der Waals surface area contributed by atoms with Crippen molar-refractivity contribution in [2.24, 2.45) is 0 Å². The zero-order valence-corrected chi connectivity index (χ0v) is 21.3. The molecule has 0 atom stereocenters. The third kappa shape index (κ3) is 5.38. The van der Waals surface area contributed by atoms with Crippen LogP contribution in [0, 0.1) is 0 Å². The molecule has 0 bridgehead atoms. The van der Waals surface area contributed by atoms with Crippen molar-refractivity contribution >= 4 is 49.7 Å². The number of thiazole rings is 1. The molecule has 0 aliphatic carbocycles. The van der Waals surface area contributed by atoms with Crippen molar-refractivity contribution in [3.05, 3.63) is 63.1 Å². The summed E-state index contributed by atoms with van der Waals surface area (Å²) in [5.74, 6) is 0.870. The standard InChI is InChI=1S/C22H23Cl2N3O4S2/c1-30-20-4-3-19(13-21(20)31-2)33(28,29)27-7-5-26(6-8-27)22-25-18(14-32-22)11-15-9-16(23)12-17(24)10-15/h3-4,9-10,12-14H,5-8,11H2,1-2H3. The van der Waals surface area contributed by atoms with E-state index in [2.05, 4.69) is 4.90 Å². The number of piperazine rings is 1. The van der Waals surface area contributed by atoms with E-state index in [1.807, 2.05) is 17.5 Å². The summed E-state index contributed by atoms with van der Waals surface area (Å²) in [4.78, 5) is 7.03. The zero-order valence-electron chi connectivity index (χ0n) is 18.1. The van der Waals surface area contributed by atoms with E-state index in [9.17, 15) is 8.42 Å². The Kier molecular flexibility index (Phi) is 7.35. The fourth-order valence-electron chi connectivity index (χ4n) is 3.69. The van der Waals surface area contributed by atoms with Crippen LogP contribution in [0.4, 0.5) is 5.13 Å². The number of aromatic nitrogens is 1. The molecule has 1 aromatic heterocycles. The Labute approximate surface area is 207 Å². The van der Waals surface area contributed by atoms with Crippen LogP contribution in [0.15, 0.2) is 46.7 Å². The van der Waals surface area contributed by atoms with Crippen LogP contribution in [0.1, 0.15) is 11.3 Å². The SMILES string of the molecule is COc1ccc(S(=O)(=O)N2CCN(c3nc(Cc4cc(Cl)cc(Cl)c4)cs3)CC2)cc1OC. The first kappa shape index (κ1) is 24.1. The van der Waals surface area contributed by atoms with Gasteiger partial charge in [0.25, 0.3) is 0 Å². The molecule has 2 heterocycles. The van der Waals surface area contributed by atoms with Gasteiger partial charge in [-0.05, 0) is 35.9 Å². The van der Waals surface area contributed by atoms with Gasteiger partial charge < -0.3 is 14.4 Å². The first-order valence-electron chi connectivity index (χ1n) is 10.2. The van der Waals surface area contributed by atoms with Crippen molar-refractivity contribution in [3.63, 3.8) is 0 Å². The number of sulfonamides is 1. The van der Waals surface area contributed by atoms with Crippen molar-refractivity contribution in [2.45, 2.75) is 11.3 Å². The molecule has 7 nitrogen and oxygen atoms in total. The molecule has 1 saturated heterocycles. The Morgan fingerprint density at radius 1 is 0.970 bits per heavy atom. The second-order valence-electron chi connectivity index (χ2n) is 7.48. The average molecular weight is 528 g/mol. The third-order valence-corrected chi connectivity index (χ3v) is 8.63. The summed E-state index contributed by atoms with van der Waals surface area (Å²) in [7, 11) is -0.644. The van der Waals surface area contributed by atoms with Crippen molar-refractivity contribution in [2.75, 3.05) is 45.3 Å². The molecule has 11 heteroatoms. The number of ether oxygens (including phenoxy) is 2. The Morgan fingerprint density at radius 3 is 2.27 bits per heavy atom. The molecule has 0 spiro atoms. The maximum Gasteiger partial charge on any atom is 0.243 e. The lowest BCUT2D eigenvalue weighted by Crippen LogP contribution is -2.48. The topological polar surface area (TPSA) is 72.0 Å². The maximum absolute atomic E-state index is 13.1. The van der Waals surface area contributed by atoms with Crippen LogP contribution in [0.25, 0.3) is 0 Å². The zero-order chi connectivity index (χ0) is 23.6. The van der Waals surface area contributed by atoms with E-state index in [1.54, 1.807) is 23.5 Å². The number of hydrogen-bond donors (Lipinski definition) is 0. The molecular weight excluding hydrogens is 505 g/mol. The molecular formula is C22H23Cl2N3O4S2. The van der Waals surface area contributed by atoms with Crippen LogP contribution in [0.3, 0.4) is 0 Å². The molecule has 4 rings (SSSR count). The summed E-state index contributed by atoms with van der Waals surface area (Å²) in [5, 5.41) is 4.08. The Morgan fingerprint density at radius 2 is 1.64 bits per heavy atom.